The lowest BCUT2D eigenvalue weighted by Crippen LogP contribution is -2.53. The van der Waals surface area contributed by atoms with Crippen molar-refractivity contribution in [2.24, 2.45) is 0 Å². The predicted molar refractivity (Wildman–Crippen MR) is 141 cm³/mol. The Labute approximate surface area is 211 Å². The molecule has 2 fully saturated rings. The van der Waals surface area contributed by atoms with Gasteiger partial charge in [-0.2, -0.15) is 4.98 Å². The van der Waals surface area contributed by atoms with Crippen molar-refractivity contribution in [1.82, 2.24) is 15.0 Å². The van der Waals surface area contributed by atoms with Crippen molar-refractivity contribution < 1.29 is 4.39 Å². The van der Waals surface area contributed by atoms with E-state index in [-0.39, 0.29) is 11.9 Å². The number of nitrogens with zero attached hydrogens (tertiary/aromatic N) is 6. The molecule has 0 bridgehead atoms. The second kappa shape index (κ2) is 9.85. The first kappa shape index (κ1) is 23.6. The summed E-state index contributed by atoms with van der Waals surface area (Å²) in [5.41, 5.74) is 1.69. The second-order valence-corrected chi connectivity index (χ2v) is 9.75. The Kier molecular flexibility index (Phi) is 6.65. The minimum Gasteiger partial charge on any atom is -0.373 e. The van der Waals surface area contributed by atoms with Crippen molar-refractivity contribution in [3.63, 3.8) is 0 Å². The van der Waals surface area contributed by atoms with Gasteiger partial charge >= 0.3 is 0 Å². The van der Waals surface area contributed by atoms with Gasteiger partial charge in [0.25, 0.3) is 0 Å². The van der Waals surface area contributed by atoms with Crippen LogP contribution in [0.5, 0.6) is 0 Å². The molecule has 0 radical (unpaired) electrons. The third kappa shape index (κ3) is 4.85. The number of benzene rings is 1. The summed E-state index contributed by atoms with van der Waals surface area (Å²) in [6.07, 6.45) is 2.27. The largest absolute Gasteiger partial charge is 0.373 e. The predicted octanol–water partition coefficient (Wildman–Crippen LogP) is 5.08. The summed E-state index contributed by atoms with van der Waals surface area (Å²) in [6, 6.07) is 12.9. The van der Waals surface area contributed by atoms with E-state index in [2.05, 4.69) is 38.8 Å². The monoisotopic (exact) mass is 495 g/mol. The van der Waals surface area contributed by atoms with Crippen molar-refractivity contribution in [2.75, 3.05) is 53.2 Å². The van der Waals surface area contributed by atoms with Gasteiger partial charge in [0.1, 0.15) is 23.3 Å². The Bertz CT molecular complexity index is 1190. The molecule has 5 rings (SSSR count). The molecule has 0 aliphatic carbocycles. The van der Waals surface area contributed by atoms with Gasteiger partial charge in [0.05, 0.1) is 10.7 Å². The molecule has 35 heavy (non-hydrogen) atoms. The van der Waals surface area contributed by atoms with Gasteiger partial charge in [0.15, 0.2) is 0 Å². The quantitative estimate of drug-likeness (QED) is 0.529. The number of hydrogen-bond donors (Lipinski definition) is 1. The van der Waals surface area contributed by atoms with Gasteiger partial charge in [0, 0.05) is 56.9 Å². The van der Waals surface area contributed by atoms with Crippen LogP contribution >= 0.6 is 11.6 Å². The van der Waals surface area contributed by atoms with E-state index in [4.69, 9.17) is 21.6 Å². The van der Waals surface area contributed by atoms with Crippen LogP contribution in [0.1, 0.15) is 26.7 Å². The third-order valence-electron chi connectivity index (χ3n) is 6.96. The van der Waals surface area contributed by atoms with E-state index in [1.807, 2.05) is 25.2 Å². The highest BCUT2D eigenvalue weighted by Crippen LogP contribution is 2.32. The van der Waals surface area contributed by atoms with Gasteiger partial charge in [-0.25, -0.2) is 14.4 Å². The highest BCUT2D eigenvalue weighted by molar-refractivity contribution is 6.33. The molecule has 1 N–H and O–H groups in total. The molecule has 2 atom stereocenters. The standard InChI is InChI=1S/C26H31ClFN7/c1-17-5-4-12-35(17)26-30-22(19-6-8-20(28)9-7-19)15-24(32-26)34-14-13-33(16-18(34)2)25-21(27)10-11-23(29-3)31-25/h6-11,15,17-18H,4-5,12-14,16H2,1-3H3,(H,29,31). The summed E-state index contributed by atoms with van der Waals surface area (Å²) < 4.78 is 13.6. The van der Waals surface area contributed by atoms with E-state index in [9.17, 15) is 4.39 Å². The zero-order valence-electron chi connectivity index (χ0n) is 20.4. The minimum absolute atomic E-state index is 0.180. The van der Waals surface area contributed by atoms with Gasteiger partial charge < -0.3 is 20.0 Å². The van der Waals surface area contributed by atoms with E-state index in [1.165, 1.54) is 12.1 Å². The minimum atomic E-state index is -0.254. The van der Waals surface area contributed by atoms with Crippen LogP contribution in [-0.4, -0.2) is 60.3 Å². The SMILES string of the molecule is CNc1ccc(Cl)c(N2CCN(c3cc(-c4ccc(F)cc4)nc(N4CCCC4C)n3)C(C)C2)n1. The van der Waals surface area contributed by atoms with E-state index >= 15 is 0 Å². The molecule has 4 heterocycles. The lowest BCUT2D eigenvalue weighted by Gasteiger charge is -2.41. The third-order valence-corrected chi connectivity index (χ3v) is 7.25. The summed E-state index contributed by atoms with van der Waals surface area (Å²) in [4.78, 5) is 21.4. The maximum Gasteiger partial charge on any atom is 0.228 e. The van der Waals surface area contributed by atoms with Gasteiger partial charge in [-0.15, -0.1) is 0 Å². The molecular weight excluding hydrogens is 465 g/mol. The smallest absolute Gasteiger partial charge is 0.228 e. The molecule has 184 valence electrons. The summed E-state index contributed by atoms with van der Waals surface area (Å²) in [5, 5.41) is 3.74. The Hall–Kier alpha value is -3.13. The average Bonchev–Trinajstić information content (AvgIpc) is 3.30. The molecule has 0 amide bonds. The normalized spacial score (nSPS) is 20.4. The van der Waals surface area contributed by atoms with Gasteiger partial charge in [0.2, 0.25) is 5.95 Å². The maximum atomic E-state index is 13.6. The highest BCUT2D eigenvalue weighted by atomic mass is 35.5. The Morgan fingerprint density at radius 3 is 2.43 bits per heavy atom. The first-order chi connectivity index (χ1) is 16.9. The fourth-order valence-corrected chi connectivity index (χ4v) is 5.20. The van der Waals surface area contributed by atoms with Crippen LogP contribution in [0, 0.1) is 5.82 Å². The number of aromatic nitrogens is 3. The van der Waals surface area contributed by atoms with Gasteiger partial charge in [-0.05, 0) is 63.1 Å². The van der Waals surface area contributed by atoms with Gasteiger partial charge in [-0.1, -0.05) is 11.6 Å². The maximum absolute atomic E-state index is 13.6. The van der Waals surface area contributed by atoms with Crippen molar-refractivity contribution in [3.05, 3.63) is 53.3 Å². The summed E-state index contributed by atoms with van der Waals surface area (Å²) in [5.74, 6) is 2.97. The van der Waals surface area contributed by atoms with Crippen LogP contribution in [0.15, 0.2) is 42.5 Å². The summed E-state index contributed by atoms with van der Waals surface area (Å²) >= 11 is 6.50. The molecular formula is C26H31ClFN7. The number of rotatable bonds is 5. The van der Waals surface area contributed by atoms with E-state index in [0.29, 0.717) is 11.1 Å². The zero-order valence-corrected chi connectivity index (χ0v) is 21.1. The molecule has 2 saturated heterocycles. The number of pyridine rings is 1. The lowest BCUT2D eigenvalue weighted by atomic mass is 10.1. The Morgan fingerprint density at radius 1 is 0.943 bits per heavy atom. The molecule has 7 nitrogen and oxygen atoms in total. The van der Waals surface area contributed by atoms with E-state index in [1.54, 1.807) is 12.1 Å². The van der Waals surface area contributed by atoms with Crippen LogP contribution in [0.4, 0.5) is 27.8 Å². The molecule has 2 aliphatic rings. The van der Waals surface area contributed by atoms with Crippen molar-refractivity contribution in [3.8, 4) is 11.3 Å². The molecule has 3 aromatic rings. The molecule has 0 saturated carbocycles. The average molecular weight is 496 g/mol. The number of nitrogens with one attached hydrogen (secondary N) is 1. The molecule has 9 heteroatoms. The fraction of sp³-hybridized carbons (Fsp3) is 0.423. The van der Waals surface area contributed by atoms with Crippen molar-refractivity contribution in [1.29, 1.82) is 0 Å². The van der Waals surface area contributed by atoms with Crippen LogP contribution in [0.25, 0.3) is 11.3 Å². The lowest BCUT2D eigenvalue weighted by molar-refractivity contribution is 0.542. The molecule has 2 unspecified atom stereocenters. The van der Waals surface area contributed by atoms with Crippen LogP contribution in [0.2, 0.25) is 5.02 Å². The topological polar surface area (TPSA) is 60.4 Å². The number of anilines is 4. The fourth-order valence-electron chi connectivity index (χ4n) is 4.98. The van der Waals surface area contributed by atoms with Crippen LogP contribution in [0.3, 0.4) is 0 Å². The highest BCUT2D eigenvalue weighted by Gasteiger charge is 2.29. The van der Waals surface area contributed by atoms with E-state index < -0.39 is 0 Å². The number of piperazine rings is 1. The van der Waals surface area contributed by atoms with E-state index in [0.717, 1.165) is 73.7 Å². The van der Waals surface area contributed by atoms with Crippen LogP contribution in [-0.2, 0) is 0 Å². The van der Waals surface area contributed by atoms with Crippen molar-refractivity contribution in [2.45, 2.75) is 38.8 Å². The van der Waals surface area contributed by atoms with Gasteiger partial charge in [-0.3, -0.25) is 0 Å². The number of halogens is 2. The summed E-state index contributed by atoms with van der Waals surface area (Å²) in [6.45, 7) is 7.68. The Morgan fingerprint density at radius 2 is 1.74 bits per heavy atom. The molecule has 2 aliphatic heterocycles. The van der Waals surface area contributed by atoms with Crippen molar-refractivity contribution >= 4 is 35.0 Å². The number of hydrogen-bond acceptors (Lipinski definition) is 7. The zero-order chi connectivity index (χ0) is 24.5. The first-order valence-electron chi connectivity index (χ1n) is 12.2. The summed E-state index contributed by atoms with van der Waals surface area (Å²) in [7, 11) is 1.85. The first-order valence-corrected chi connectivity index (χ1v) is 12.6. The molecule has 2 aromatic heterocycles. The Balaban J connectivity index is 1.46. The van der Waals surface area contributed by atoms with Crippen LogP contribution < -0.4 is 20.0 Å². The molecule has 0 spiro atoms. The molecule has 1 aromatic carbocycles. The second-order valence-electron chi connectivity index (χ2n) is 9.34.